The van der Waals surface area contributed by atoms with Crippen LogP contribution in [0.4, 0.5) is 5.69 Å². The predicted octanol–water partition coefficient (Wildman–Crippen LogP) is 3.45. The second-order valence-corrected chi connectivity index (χ2v) is 6.82. The van der Waals surface area contributed by atoms with Gasteiger partial charge in [-0.25, -0.2) is 0 Å². The number of nitrogens with one attached hydrogen (secondary N) is 2. The number of carbonyl (C=O) groups is 1. The van der Waals surface area contributed by atoms with Crippen molar-refractivity contribution in [2.75, 3.05) is 19.5 Å². The molecule has 5 nitrogen and oxygen atoms in total. The Morgan fingerprint density at radius 1 is 1.21 bits per heavy atom. The van der Waals surface area contributed by atoms with Crippen LogP contribution in [0.5, 0.6) is 11.5 Å². The fraction of sp³-hybridized carbons (Fsp3) is 0.632. The molecule has 2 N–H and O–H groups in total. The predicted molar refractivity (Wildman–Crippen MR) is 96.7 cm³/mol. The van der Waals surface area contributed by atoms with Crippen LogP contribution < -0.4 is 20.1 Å². The molecule has 0 spiro atoms. The van der Waals surface area contributed by atoms with Gasteiger partial charge >= 0.3 is 0 Å². The Hall–Kier alpha value is -1.75. The van der Waals surface area contributed by atoms with Gasteiger partial charge in [0.05, 0.1) is 25.9 Å². The molecule has 4 atom stereocenters. The summed E-state index contributed by atoms with van der Waals surface area (Å²) in [6.07, 6.45) is 3.63. The quantitative estimate of drug-likeness (QED) is 0.836. The molecule has 1 aromatic rings. The molecule has 24 heavy (non-hydrogen) atoms. The van der Waals surface area contributed by atoms with Crippen LogP contribution in [0.15, 0.2) is 18.2 Å². The van der Waals surface area contributed by atoms with Gasteiger partial charge in [-0.05, 0) is 37.3 Å². The van der Waals surface area contributed by atoms with E-state index in [4.69, 9.17) is 9.47 Å². The molecule has 1 fully saturated rings. The average Bonchev–Trinajstić information content (AvgIpc) is 2.58. The van der Waals surface area contributed by atoms with Crippen LogP contribution in [-0.2, 0) is 4.79 Å². The van der Waals surface area contributed by atoms with Gasteiger partial charge in [0.25, 0.3) is 0 Å². The van der Waals surface area contributed by atoms with Crippen molar-refractivity contribution < 1.29 is 14.3 Å². The molecule has 2 rings (SSSR count). The zero-order valence-corrected chi connectivity index (χ0v) is 15.4. The first-order valence-electron chi connectivity index (χ1n) is 8.75. The molecule has 0 radical (unpaired) electrons. The summed E-state index contributed by atoms with van der Waals surface area (Å²) in [6, 6.07) is 5.49. The van der Waals surface area contributed by atoms with Crippen molar-refractivity contribution in [1.82, 2.24) is 5.32 Å². The second kappa shape index (κ2) is 8.38. The number of ether oxygens (including phenoxy) is 2. The molecule has 1 amide bonds. The Morgan fingerprint density at radius 3 is 2.62 bits per heavy atom. The fourth-order valence-corrected chi connectivity index (χ4v) is 3.37. The molecule has 134 valence electrons. The van der Waals surface area contributed by atoms with Gasteiger partial charge < -0.3 is 20.1 Å². The topological polar surface area (TPSA) is 59.6 Å². The van der Waals surface area contributed by atoms with Gasteiger partial charge in [-0.15, -0.1) is 0 Å². The third-order valence-electron chi connectivity index (χ3n) is 5.23. The molecule has 0 bridgehead atoms. The Morgan fingerprint density at radius 2 is 1.96 bits per heavy atom. The molecule has 1 aliphatic rings. The maximum absolute atomic E-state index is 12.6. The minimum absolute atomic E-state index is 0.0630. The minimum atomic E-state index is -0.265. The summed E-state index contributed by atoms with van der Waals surface area (Å²) in [6.45, 7) is 6.48. The monoisotopic (exact) mass is 334 g/mol. The number of anilines is 1. The Bertz CT molecular complexity index is 562. The zero-order valence-electron chi connectivity index (χ0n) is 15.4. The molecule has 1 saturated carbocycles. The van der Waals surface area contributed by atoms with Gasteiger partial charge in [-0.2, -0.15) is 0 Å². The lowest BCUT2D eigenvalue weighted by atomic mass is 9.78. The van der Waals surface area contributed by atoms with E-state index in [1.807, 2.05) is 6.92 Å². The lowest BCUT2D eigenvalue weighted by Crippen LogP contribution is -2.49. The Kier molecular flexibility index (Phi) is 6.49. The summed E-state index contributed by atoms with van der Waals surface area (Å²) in [5.41, 5.74) is 0.626. The van der Waals surface area contributed by atoms with E-state index < -0.39 is 0 Å². The first-order chi connectivity index (χ1) is 11.5. The number of benzene rings is 1. The lowest BCUT2D eigenvalue weighted by Gasteiger charge is -2.36. The number of amides is 1. The summed E-state index contributed by atoms with van der Waals surface area (Å²) in [7, 11) is 3.19. The average molecular weight is 334 g/mol. The van der Waals surface area contributed by atoms with E-state index in [-0.39, 0.29) is 11.9 Å². The van der Waals surface area contributed by atoms with Gasteiger partial charge in [0.15, 0.2) is 0 Å². The number of hydrogen-bond acceptors (Lipinski definition) is 4. The smallest absolute Gasteiger partial charge is 0.241 e. The number of rotatable bonds is 6. The zero-order chi connectivity index (χ0) is 17.7. The Balaban J connectivity index is 2.01. The van der Waals surface area contributed by atoms with E-state index in [1.165, 1.54) is 12.8 Å². The molecular formula is C19H30N2O3. The van der Waals surface area contributed by atoms with Crippen LogP contribution >= 0.6 is 0 Å². The standard InChI is InChI=1S/C19H30N2O3/c1-12-7-6-8-16(13(12)2)20-14(3)19(22)21-17-11-15(23-4)9-10-18(17)24-5/h9-14,16,20H,6-8H2,1-5H3,(H,21,22). The molecule has 0 heterocycles. The van der Waals surface area contributed by atoms with Gasteiger partial charge in [0.1, 0.15) is 11.5 Å². The van der Waals surface area contributed by atoms with Crippen LogP contribution in [0.3, 0.4) is 0 Å². The molecule has 0 aromatic heterocycles. The molecule has 1 aromatic carbocycles. The SMILES string of the molecule is COc1ccc(OC)c(NC(=O)C(C)NC2CCCC(C)C2C)c1. The summed E-state index contributed by atoms with van der Waals surface area (Å²) < 4.78 is 10.5. The fourth-order valence-electron chi connectivity index (χ4n) is 3.37. The highest BCUT2D eigenvalue weighted by atomic mass is 16.5. The van der Waals surface area contributed by atoms with Crippen molar-refractivity contribution in [3.8, 4) is 11.5 Å². The summed E-state index contributed by atoms with van der Waals surface area (Å²) in [5.74, 6) is 2.52. The Labute approximate surface area is 145 Å². The maximum Gasteiger partial charge on any atom is 0.241 e. The van der Waals surface area contributed by atoms with Crippen LogP contribution in [-0.4, -0.2) is 32.2 Å². The maximum atomic E-state index is 12.6. The van der Waals surface area contributed by atoms with Crippen LogP contribution in [0.2, 0.25) is 0 Å². The third kappa shape index (κ3) is 4.41. The van der Waals surface area contributed by atoms with E-state index in [9.17, 15) is 4.79 Å². The van der Waals surface area contributed by atoms with Crippen molar-refractivity contribution in [3.05, 3.63) is 18.2 Å². The first-order valence-corrected chi connectivity index (χ1v) is 8.75. The largest absolute Gasteiger partial charge is 0.497 e. The van der Waals surface area contributed by atoms with Crippen molar-refractivity contribution >= 4 is 11.6 Å². The van der Waals surface area contributed by atoms with Crippen LogP contribution in [0.1, 0.15) is 40.0 Å². The van der Waals surface area contributed by atoms with Crippen molar-refractivity contribution in [2.45, 2.75) is 52.1 Å². The first kappa shape index (κ1) is 18.6. The summed E-state index contributed by atoms with van der Waals surface area (Å²) >= 11 is 0. The van der Waals surface area contributed by atoms with E-state index in [0.29, 0.717) is 35.1 Å². The van der Waals surface area contributed by atoms with E-state index in [0.717, 1.165) is 6.42 Å². The van der Waals surface area contributed by atoms with Crippen LogP contribution in [0, 0.1) is 11.8 Å². The molecule has 0 saturated heterocycles. The van der Waals surface area contributed by atoms with Crippen molar-refractivity contribution in [1.29, 1.82) is 0 Å². The lowest BCUT2D eigenvalue weighted by molar-refractivity contribution is -0.118. The van der Waals surface area contributed by atoms with E-state index in [2.05, 4.69) is 24.5 Å². The number of methoxy groups -OCH3 is 2. The van der Waals surface area contributed by atoms with Crippen molar-refractivity contribution in [3.63, 3.8) is 0 Å². The number of carbonyl (C=O) groups excluding carboxylic acids is 1. The second-order valence-electron chi connectivity index (χ2n) is 6.82. The molecule has 0 aliphatic heterocycles. The van der Waals surface area contributed by atoms with Crippen LogP contribution in [0.25, 0.3) is 0 Å². The highest BCUT2D eigenvalue weighted by Crippen LogP contribution is 2.31. The normalized spacial score (nSPS) is 25.0. The summed E-state index contributed by atoms with van der Waals surface area (Å²) in [5, 5.41) is 6.45. The van der Waals surface area contributed by atoms with Gasteiger partial charge in [-0.1, -0.05) is 26.7 Å². The highest BCUT2D eigenvalue weighted by Gasteiger charge is 2.29. The molecule has 4 unspecified atom stereocenters. The molecular weight excluding hydrogens is 304 g/mol. The highest BCUT2D eigenvalue weighted by molar-refractivity contribution is 5.96. The number of hydrogen-bond donors (Lipinski definition) is 2. The van der Waals surface area contributed by atoms with Gasteiger partial charge in [-0.3, -0.25) is 4.79 Å². The van der Waals surface area contributed by atoms with Gasteiger partial charge in [0, 0.05) is 12.1 Å². The van der Waals surface area contributed by atoms with E-state index >= 15 is 0 Å². The summed E-state index contributed by atoms with van der Waals surface area (Å²) in [4.78, 5) is 12.6. The van der Waals surface area contributed by atoms with E-state index in [1.54, 1.807) is 32.4 Å². The third-order valence-corrected chi connectivity index (χ3v) is 5.23. The molecule has 5 heteroatoms. The van der Waals surface area contributed by atoms with Gasteiger partial charge in [0.2, 0.25) is 5.91 Å². The van der Waals surface area contributed by atoms with Crippen molar-refractivity contribution in [2.24, 2.45) is 11.8 Å². The minimum Gasteiger partial charge on any atom is -0.497 e. The molecule has 1 aliphatic carbocycles.